The zero-order chi connectivity index (χ0) is 18.5. The molecule has 2 aromatic carbocycles. The fourth-order valence-corrected chi connectivity index (χ4v) is 3.17. The van der Waals surface area contributed by atoms with Crippen LogP contribution < -0.4 is 5.32 Å². The fourth-order valence-electron chi connectivity index (χ4n) is 2.26. The van der Waals surface area contributed by atoms with Crippen molar-refractivity contribution in [2.45, 2.75) is 18.2 Å². The lowest BCUT2D eigenvalue weighted by Crippen LogP contribution is -2.28. The second-order valence-electron chi connectivity index (χ2n) is 5.48. The largest absolute Gasteiger partial charge is 0.411 e. The highest BCUT2D eigenvalue weighted by atomic mass is 35.5. The third-order valence-electron chi connectivity index (χ3n) is 3.58. The average molecular weight is 408 g/mol. The molecule has 3 aromatic rings. The summed E-state index contributed by atoms with van der Waals surface area (Å²) >= 11 is 13.2. The second kappa shape index (κ2) is 8.58. The molecule has 1 aromatic heterocycles. The minimum Gasteiger partial charge on any atom is -0.411 e. The molecule has 5 nitrogen and oxygen atoms in total. The Morgan fingerprint density at radius 3 is 2.62 bits per heavy atom. The van der Waals surface area contributed by atoms with Crippen LogP contribution in [0.1, 0.15) is 18.5 Å². The molecule has 0 aliphatic carbocycles. The van der Waals surface area contributed by atoms with E-state index in [1.54, 1.807) is 24.3 Å². The van der Waals surface area contributed by atoms with Gasteiger partial charge in [-0.3, -0.25) is 4.79 Å². The van der Waals surface area contributed by atoms with Crippen LogP contribution in [0.15, 0.2) is 58.2 Å². The number of hydrogen-bond acceptors (Lipinski definition) is 5. The van der Waals surface area contributed by atoms with Gasteiger partial charge in [-0.1, -0.05) is 59.2 Å². The molecule has 8 heteroatoms. The number of hydrogen-bond donors (Lipinski definition) is 1. The Kier molecular flexibility index (Phi) is 6.19. The SMILES string of the molecule is CC(NC(=O)CSc1nnc(-c2ccccc2Cl)o1)c1ccc(Cl)cc1. The third kappa shape index (κ3) is 4.78. The summed E-state index contributed by atoms with van der Waals surface area (Å²) in [6, 6.07) is 14.4. The Hall–Kier alpha value is -2.02. The summed E-state index contributed by atoms with van der Waals surface area (Å²) in [5.41, 5.74) is 1.64. The van der Waals surface area contributed by atoms with E-state index in [1.807, 2.05) is 31.2 Å². The van der Waals surface area contributed by atoms with E-state index < -0.39 is 0 Å². The highest BCUT2D eigenvalue weighted by Gasteiger charge is 2.14. The van der Waals surface area contributed by atoms with Crippen LogP contribution in [0.25, 0.3) is 11.5 Å². The molecular formula is C18H15Cl2N3O2S. The van der Waals surface area contributed by atoms with Gasteiger partial charge < -0.3 is 9.73 Å². The first-order valence-electron chi connectivity index (χ1n) is 7.79. The van der Waals surface area contributed by atoms with Crippen LogP contribution in [0.2, 0.25) is 10.0 Å². The summed E-state index contributed by atoms with van der Waals surface area (Å²) in [5.74, 6) is 0.366. The normalized spacial score (nSPS) is 12.0. The summed E-state index contributed by atoms with van der Waals surface area (Å²) in [6.45, 7) is 1.91. The van der Waals surface area contributed by atoms with Gasteiger partial charge in [0.1, 0.15) is 0 Å². The smallest absolute Gasteiger partial charge is 0.277 e. The van der Waals surface area contributed by atoms with Crippen molar-refractivity contribution >= 4 is 40.9 Å². The first-order valence-corrected chi connectivity index (χ1v) is 9.53. The van der Waals surface area contributed by atoms with E-state index in [0.717, 1.165) is 5.56 Å². The number of benzene rings is 2. The Morgan fingerprint density at radius 2 is 1.88 bits per heavy atom. The van der Waals surface area contributed by atoms with Crippen LogP contribution >= 0.6 is 35.0 Å². The van der Waals surface area contributed by atoms with Crippen LogP contribution in [0, 0.1) is 0 Å². The third-order valence-corrected chi connectivity index (χ3v) is 4.98. The van der Waals surface area contributed by atoms with Crippen molar-refractivity contribution in [3.05, 3.63) is 64.1 Å². The standard InChI is InChI=1S/C18H15Cl2N3O2S/c1-11(12-6-8-13(19)9-7-12)21-16(24)10-26-18-23-22-17(25-18)14-4-2-3-5-15(14)20/h2-9,11H,10H2,1H3,(H,21,24). The van der Waals surface area contributed by atoms with Gasteiger partial charge in [-0.2, -0.15) is 0 Å². The van der Waals surface area contributed by atoms with Crippen LogP contribution in [-0.4, -0.2) is 21.9 Å². The predicted octanol–water partition coefficient (Wildman–Crippen LogP) is 5.01. The van der Waals surface area contributed by atoms with Crippen molar-refractivity contribution in [2.75, 3.05) is 5.75 Å². The molecule has 0 radical (unpaired) electrons. The van der Waals surface area contributed by atoms with Crippen molar-refractivity contribution in [3.8, 4) is 11.5 Å². The topological polar surface area (TPSA) is 68.0 Å². The number of nitrogens with one attached hydrogen (secondary N) is 1. The van der Waals surface area contributed by atoms with E-state index in [4.69, 9.17) is 27.6 Å². The van der Waals surface area contributed by atoms with Crippen LogP contribution in [0.4, 0.5) is 0 Å². The molecule has 26 heavy (non-hydrogen) atoms. The van der Waals surface area contributed by atoms with Gasteiger partial charge in [-0.25, -0.2) is 0 Å². The maximum Gasteiger partial charge on any atom is 0.277 e. The zero-order valence-corrected chi connectivity index (χ0v) is 16.1. The number of nitrogens with zero attached hydrogens (tertiary/aromatic N) is 2. The number of aromatic nitrogens is 2. The van der Waals surface area contributed by atoms with Crippen LogP contribution in [0.3, 0.4) is 0 Å². The number of rotatable bonds is 6. The van der Waals surface area contributed by atoms with Gasteiger partial charge >= 0.3 is 0 Å². The molecule has 134 valence electrons. The van der Waals surface area contributed by atoms with Gasteiger partial charge in [0, 0.05) is 5.02 Å². The number of carbonyl (C=O) groups is 1. The van der Waals surface area contributed by atoms with Crippen molar-refractivity contribution in [2.24, 2.45) is 0 Å². The number of thioether (sulfide) groups is 1. The quantitative estimate of drug-likeness (QED) is 0.581. The minimum absolute atomic E-state index is 0.123. The predicted molar refractivity (Wildman–Crippen MR) is 103 cm³/mol. The highest BCUT2D eigenvalue weighted by Crippen LogP contribution is 2.28. The summed E-state index contributed by atoms with van der Waals surface area (Å²) in [4.78, 5) is 12.1. The lowest BCUT2D eigenvalue weighted by molar-refractivity contribution is -0.119. The number of carbonyl (C=O) groups excluding carboxylic acids is 1. The van der Waals surface area contributed by atoms with Gasteiger partial charge in [0.25, 0.3) is 5.22 Å². The van der Waals surface area contributed by atoms with Crippen molar-refractivity contribution in [3.63, 3.8) is 0 Å². The van der Waals surface area contributed by atoms with Gasteiger partial charge in [0.2, 0.25) is 11.8 Å². The molecule has 0 bridgehead atoms. The Balaban J connectivity index is 1.55. The summed E-state index contributed by atoms with van der Waals surface area (Å²) in [7, 11) is 0. The molecular weight excluding hydrogens is 393 g/mol. The summed E-state index contributed by atoms with van der Waals surface area (Å²) in [5, 5.41) is 12.3. The number of halogens is 2. The molecule has 3 rings (SSSR count). The van der Waals surface area contributed by atoms with Gasteiger partial charge in [-0.15, -0.1) is 10.2 Å². The zero-order valence-electron chi connectivity index (χ0n) is 13.8. The molecule has 0 saturated carbocycles. The Bertz CT molecular complexity index is 899. The van der Waals surface area contributed by atoms with Crippen molar-refractivity contribution in [1.29, 1.82) is 0 Å². The molecule has 1 unspecified atom stereocenters. The summed E-state index contributed by atoms with van der Waals surface area (Å²) < 4.78 is 5.57. The molecule has 0 saturated heterocycles. The van der Waals surface area contributed by atoms with E-state index in [9.17, 15) is 4.79 Å². The van der Waals surface area contributed by atoms with Crippen LogP contribution in [0.5, 0.6) is 0 Å². The molecule has 1 atom stereocenters. The fraction of sp³-hybridized carbons (Fsp3) is 0.167. The Labute approximate surface area is 165 Å². The minimum atomic E-state index is -0.130. The van der Waals surface area contributed by atoms with Gasteiger partial charge in [0.05, 0.1) is 22.4 Å². The van der Waals surface area contributed by atoms with E-state index >= 15 is 0 Å². The van der Waals surface area contributed by atoms with E-state index in [1.165, 1.54) is 11.8 Å². The molecule has 0 aliphatic heterocycles. The Morgan fingerprint density at radius 1 is 1.15 bits per heavy atom. The lowest BCUT2D eigenvalue weighted by Gasteiger charge is -2.13. The molecule has 1 amide bonds. The maximum absolute atomic E-state index is 12.1. The average Bonchev–Trinajstić information content (AvgIpc) is 3.09. The van der Waals surface area contributed by atoms with E-state index in [-0.39, 0.29) is 17.7 Å². The van der Waals surface area contributed by atoms with Gasteiger partial charge in [-0.05, 0) is 36.8 Å². The molecule has 0 aliphatic rings. The van der Waals surface area contributed by atoms with Crippen LogP contribution in [-0.2, 0) is 4.79 Å². The first kappa shape index (κ1) is 18.8. The first-order chi connectivity index (χ1) is 12.5. The molecule has 0 spiro atoms. The maximum atomic E-state index is 12.1. The van der Waals surface area contributed by atoms with Crippen molar-refractivity contribution < 1.29 is 9.21 Å². The summed E-state index contributed by atoms with van der Waals surface area (Å²) in [6.07, 6.45) is 0. The second-order valence-corrected chi connectivity index (χ2v) is 7.25. The van der Waals surface area contributed by atoms with E-state index in [2.05, 4.69) is 15.5 Å². The molecule has 1 heterocycles. The molecule has 0 fully saturated rings. The van der Waals surface area contributed by atoms with Crippen molar-refractivity contribution in [1.82, 2.24) is 15.5 Å². The van der Waals surface area contributed by atoms with E-state index in [0.29, 0.717) is 26.7 Å². The highest BCUT2D eigenvalue weighted by molar-refractivity contribution is 7.99. The monoisotopic (exact) mass is 407 g/mol. The number of amides is 1. The van der Waals surface area contributed by atoms with Gasteiger partial charge in [0.15, 0.2) is 0 Å². The molecule has 1 N–H and O–H groups in total. The lowest BCUT2D eigenvalue weighted by atomic mass is 10.1.